The monoisotopic (exact) mass is 610 g/mol. The van der Waals surface area contributed by atoms with Gasteiger partial charge >= 0.3 is 0 Å². The van der Waals surface area contributed by atoms with Gasteiger partial charge < -0.3 is 29.4 Å². The molecule has 3 aromatic rings. The second-order valence-electron chi connectivity index (χ2n) is 13.5. The van der Waals surface area contributed by atoms with Crippen LogP contribution in [0.2, 0.25) is 0 Å². The van der Waals surface area contributed by atoms with Gasteiger partial charge in [-0.05, 0) is 73.3 Å². The lowest BCUT2D eigenvalue weighted by molar-refractivity contribution is 0.0971. The molecule has 0 aliphatic carbocycles. The molecule has 234 valence electrons. The molecule has 3 aromatic carbocycles. The molecule has 6 heterocycles. The van der Waals surface area contributed by atoms with Crippen LogP contribution in [0.4, 0.5) is 28.4 Å². The van der Waals surface area contributed by atoms with Crippen molar-refractivity contribution in [1.29, 1.82) is 0 Å². The number of benzene rings is 3. The molecule has 0 spiro atoms. The van der Waals surface area contributed by atoms with Gasteiger partial charge in [0.05, 0.1) is 33.7 Å². The van der Waals surface area contributed by atoms with Crippen molar-refractivity contribution in [2.75, 3.05) is 97.3 Å². The lowest BCUT2D eigenvalue weighted by Crippen LogP contribution is -2.49. The molecule has 0 aromatic heterocycles. The lowest BCUT2D eigenvalue weighted by atomic mass is 9.88. The number of anilines is 5. The van der Waals surface area contributed by atoms with E-state index in [4.69, 9.17) is 11.0 Å². The summed E-state index contributed by atoms with van der Waals surface area (Å²) < 4.78 is 70.1. The fourth-order valence-electron chi connectivity index (χ4n) is 8.83. The van der Waals surface area contributed by atoms with Crippen LogP contribution in [0.25, 0.3) is 0 Å². The summed E-state index contributed by atoms with van der Waals surface area (Å²) in [6.45, 7) is -5.02. The third-order valence-electron chi connectivity index (χ3n) is 11.1. The number of rotatable bonds is 6. The maximum Gasteiger partial charge on any atom is 0.162 e. The fraction of sp³-hybridized carbons (Fsp3) is 0.500. The van der Waals surface area contributed by atoms with E-state index in [-0.39, 0.29) is 29.7 Å². The minimum Gasteiger partial charge on any atom is -0.371 e. The summed E-state index contributed by atoms with van der Waals surface area (Å²) in [6.07, 6.45) is 2.57. The molecule has 7 nitrogen and oxygen atoms in total. The SMILES string of the molecule is [2H]C1([2H])N(C)c2cccc3c2N([C@H]2CCN(CCCC(=O)c4ccc(N5CC[C@H]6[C@@H](C5)c5cccc7c5N6C([2H])([2H])C([2H])([2H])N7C)cc4)C[C@@H]32)C1([2H])[2H]. The standard InChI is InChI=1S/C38H46N6O/c1-39-20-22-43-32-15-18-41(24-30(32)28-6-3-8-34(39)37(28)43)17-5-10-36(45)26-11-13-27(14-12-26)42-19-16-33-31(25-42)29-7-4-9-35-38(29)44(33)23-21-40(35)2/h3-4,6-9,11-14,30-33H,5,10,15-25H2,1-2H3/t30-,31-,32-,33-/m0/s1/i20D2,21D2,22D2,23D2. The Morgan fingerprint density at radius 1 is 0.756 bits per heavy atom. The van der Waals surface area contributed by atoms with E-state index in [1.54, 1.807) is 23.9 Å². The van der Waals surface area contributed by atoms with Crippen LogP contribution < -0.4 is 24.5 Å². The number of piperidine rings is 2. The normalized spacial score (nSPS) is 33.6. The predicted molar refractivity (Wildman–Crippen MR) is 185 cm³/mol. The molecule has 0 radical (unpaired) electrons. The van der Waals surface area contributed by atoms with E-state index in [9.17, 15) is 4.79 Å². The van der Waals surface area contributed by atoms with Gasteiger partial charge in [-0.2, -0.15) is 0 Å². The van der Waals surface area contributed by atoms with Gasteiger partial charge in [-0.3, -0.25) is 4.79 Å². The summed E-state index contributed by atoms with van der Waals surface area (Å²) in [6, 6.07) is 19.4. The average Bonchev–Trinajstić information content (AvgIpc) is 3.66. The highest BCUT2D eigenvalue weighted by Crippen LogP contribution is 2.52. The molecule has 4 atom stereocenters. The third kappa shape index (κ3) is 4.37. The van der Waals surface area contributed by atoms with Crippen LogP contribution in [0.3, 0.4) is 0 Å². The molecule has 0 saturated carbocycles. The van der Waals surface area contributed by atoms with Crippen LogP contribution in [-0.2, 0) is 0 Å². The molecule has 0 N–H and O–H groups in total. The third-order valence-corrected chi connectivity index (χ3v) is 11.1. The van der Waals surface area contributed by atoms with E-state index in [1.165, 1.54) is 9.80 Å². The highest BCUT2D eigenvalue weighted by Gasteiger charge is 2.46. The molecule has 45 heavy (non-hydrogen) atoms. The van der Waals surface area contributed by atoms with Gasteiger partial charge in [0.1, 0.15) is 0 Å². The summed E-state index contributed by atoms with van der Waals surface area (Å²) in [4.78, 5) is 24.4. The van der Waals surface area contributed by atoms with Gasteiger partial charge in [-0.1, -0.05) is 24.3 Å². The molecule has 9 rings (SSSR count). The lowest BCUT2D eigenvalue weighted by Gasteiger charge is -2.42. The average molecular weight is 611 g/mol. The highest BCUT2D eigenvalue weighted by atomic mass is 16.1. The van der Waals surface area contributed by atoms with Gasteiger partial charge in [-0.15, -0.1) is 0 Å². The second-order valence-corrected chi connectivity index (χ2v) is 13.5. The van der Waals surface area contributed by atoms with Crippen molar-refractivity contribution in [3.05, 3.63) is 77.4 Å². The van der Waals surface area contributed by atoms with Crippen LogP contribution >= 0.6 is 0 Å². The zero-order chi connectivity index (χ0) is 37.4. The van der Waals surface area contributed by atoms with E-state index >= 15 is 0 Å². The maximum atomic E-state index is 13.3. The van der Waals surface area contributed by atoms with Gasteiger partial charge in [0, 0.05) is 108 Å². The largest absolute Gasteiger partial charge is 0.371 e. The van der Waals surface area contributed by atoms with Crippen LogP contribution in [-0.4, -0.2) is 95.6 Å². The number of hydrogen-bond acceptors (Lipinski definition) is 7. The van der Waals surface area contributed by atoms with Crippen molar-refractivity contribution >= 4 is 34.2 Å². The first-order valence-corrected chi connectivity index (χ1v) is 16.5. The first kappa shape index (κ1) is 20.4. The predicted octanol–water partition coefficient (Wildman–Crippen LogP) is 5.41. The van der Waals surface area contributed by atoms with Crippen LogP contribution in [0.5, 0.6) is 0 Å². The minimum atomic E-state index is -2.18. The second kappa shape index (κ2) is 10.7. The molecule has 2 fully saturated rings. The Morgan fingerprint density at radius 2 is 1.36 bits per heavy atom. The summed E-state index contributed by atoms with van der Waals surface area (Å²) in [7, 11) is 3.27. The maximum absolute atomic E-state index is 13.3. The number of hydrogen-bond donors (Lipinski definition) is 0. The van der Waals surface area contributed by atoms with Gasteiger partial charge in [0.25, 0.3) is 0 Å². The number of ketones is 1. The first-order chi connectivity index (χ1) is 25.1. The van der Waals surface area contributed by atoms with Crippen molar-refractivity contribution in [2.45, 2.75) is 49.6 Å². The van der Waals surface area contributed by atoms with Crippen molar-refractivity contribution in [3.8, 4) is 0 Å². The number of para-hydroxylation sites is 2. The smallest absolute Gasteiger partial charge is 0.162 e. The summed E-state index contributed by atoms with van der Waals surface area (Å²) in [5.41, 5.74) is 6.94. The highest BCUT2D eigenvalue weighted by molar-refractivity contribution is 5.96. The van der Waals surface area contributed by atoms with Crippen molar-refractivity contribution in [1.82, 2.24) is 4.90 Å². The molecule has 6 aliphatic rings. The summed E-state index contributed by atoms with van der Waals surface area (Å²) in [5, 5.41) is 0. The molecular weight excluding hydrogens is 556 g/mol. The Labute approximate surface area is 279 Å². The molecule has 0 unspecified atom stereocenters. The Bertz CT molecular complexity index is 1980. The zero-order valence-electron chi connectivity index (χ0n) is 34.0. The first-order valence-electron chi connectivity index (χ1n) is 20.5. The Kier molecular flexibility index (Phi) is 4.85. The number of Topliss-reactive ketones (excluding diaryl/α,β-unsaturated/α-hetero) is 1. The quantitative estimate of drug-likeness (QED) is 0.346. The Hall–Kier alpha value is -3.71. The van der Waals surface area contributed by atoms with Gasteiger partial charge in [0.2, 0.25) is 0 Å². The number of likely N-dealkylation sites (N-methyl/N-ethyl adjacent to an activating group) is 2. The topological polar surface area (TPSA) is 36.5 Å². The molecular formula is C38H46N6O. The van der Waals surface area contributed by atoms with Crippen molar-refractivity contribution in [2.24, 2.45) is 0 Å². The molecule has 0 amide bonds. The van der Waals surface area contributed by atoms with Gasteiger partial charge in [0.15, 0.2) is 5.78 Å². The minimum absolute atomic E-state index is 0.0317. The number of carbonyl (C=O) groups is 1. The van der Waals surface area contributed by atoms with E-state index < -0.39 is 26.0 Å². The number of nitrogens with zero attached hydrogens (tertiary/aromatic N) is 6. The zero-order valence-corrected chi connectivity index (χ0v) is 26.0. The number of likely N-dealkylation sites (tertiary alicyclic amines) is 1. The number of fused-ring (bicyclic) bond motifs is 6. The molecule has 7 heteroatoms. The van der Waals surface area contributed by atoms with Crippen molar-refractivity contribution in [3.63, 3.8) is 0 Å². The van der Waals surface area contributed by atoms with Crippen LogP contribution in [0.1, 0.15) is 70.0 Å². The van der Waals surface area contributed by atoms with Crippen molar-refractivity contribution < 1.29 is 15.8 Å². The van der Waals surface area contributed by atoms with E-state index in [2.05, 4.69) is 21.9 Å². The van der Waals surface area contributed by atoms with Crippen LogP contribution in [0.15, 0.2) is 60.7 Å². The summed E-state index contributed by atoms with van der Waals surface area (Å²) >= 11 is 0. The van der Waals surface area contributed by atoms with E-state index in [1.807, 2.05) is 48.5 Å². The molecule has 2 saturated heterocycles. The summed E-state index contributed by atoms with van der Waals surface area (Å²) in [5.74, 6) is 0.207. The van der Waals surface area contributed by atoms with Crippen LogP contribution in [0, 0.1) is 0 Å². The van der Waals surface area contributed by atoms with E-state index in [0.717, 1.165) is 65.6 Å². The fourth-order valence-corrected chi connectivity index (χ4v) is 8.83. The Balaban J connectivity index is 0.832. The number of carbonyl (C=O) groups excluding carboxylic acids is 1. The van der Waals surface area contributed by atoms with Gasteiger partial charge in [-0.25, -0.2) is 0 Å². The van der Waals surface area contributed by atoms with E-state index in [0.29, 0.717) is 37.9 Å². The molecule has 0 bridgehead atoms. The Morgan fingerprint density at radius 3 is 2.00 bits per heavy atom. The molecule has 6 aliphatic heterocycles.